The van der Waals surface area contributed by atoms with Crippen molar-refractivity contribution in [1.82, 2.24) is 0 Å². The Kier molecular flexibility index (Phi) is 4.40. The van der Waals surface area contributed by atoms with Crippen LogP contribution in [0, 0.1) is 0 Å². The van der Waals surface area contributed by atoms with Gasteiger partial charge in [0.05, 0.1) is 0 Å². The second-order valence-electron chi connectivity index (χ2n) is 4.13. The van der Waals surface area contributed by atoms with E-state index >= 15 is 0 Å². The van der Waals surface area contributed by atoms with E-state index in [0.717, 1.165) is 12.3 Å². The predicted molar refractivity (Wildman–Crippen MR) is 73.6 cm³/mol. The molecule has 2 aromatic rings. The molecule has 0 atom stereocenters. The van der Waals surface area contributed by atoms with Crippen LogP contribution >= 0.6 is 0 Å². The minimum atomic E-state index is -0.630. The number of phenolic OH excluding ortho intramolecular Hbond substituents is 1. The second kappa shape index (κ2) is 6.42. The number of hydrogen-bond acceptors (Lipinski definition) is 6. The van der Waals surface area contributed by atoms with Gasteiger partial charge in [-0.25, -0.2) is 4.79 Å². The zero-order valence-electron chi connectivity index (χ0n) is 10.9. The van der Waals surface area contributed by atoms with Crippen molar-refractivity contribution in [1.29, 1.82) is 0 Å². The number of aromatic hydroxyl groups is 2. The smallest absolute Gasteiger partial charge is 0.331 e. The maximum atomic E-state index is 11.5. The lowest BCUT2D eigenvalue weighted by Gasteiger charge is -2.01. The average molecular weight is 288 g/mol. The van der Waals surface area contributed by atoms with E-state index in [2.05, 4.69) is 0 Å². The van der Waals surface area contributed by atoms with Gasteiger partial charge < -0.3 is 19.4 Å². The molecular weight excluding hydrogens is 276 g/mol. The fourth-order valence-electron chi connectivity index (χ4n) is 1.50. The number of carbonyl (C=O) groups excluding carboxylic acids is 1. The first kappa shape index (κ1) is 14.4. The molecule has 21 heavy (non-hydrogen) atoms. The highest BCUT2D eigenvalue weighted by molar-refractivity contribution is 5.87. The summed E-state index contributed by atoms with van der Waals surface area (Å²) in [4.78, 5) is 22.6. The van der Waals surface area contributed by atoms with Crippen molar-refractivity contribution in [2.24, 2.45) is 0 Å². The molecule has 0 aliphatic rings. The number of rotatable bonds is 4. The van der Waals surface area contributed by atoms with Crippen molar-refractivity contribution >= 4 is 12.0 Å². The van der Waals surface area contributed by atoms with Crippen molar-refractivity contribution in [3.63, 3.8) is 0 Å². The first-order valence-electron chi connectivity index (χ1n) is 5.99. The van der Waals surface area contributed by atoms with Crippen molar-refractivity contribution < 1.29 is 24.2 Å². The summed E-state index contributed by atoms with van der Waals surface area (Å²) < 4.78 is 9.76. The highest BCUT2D eigenvalue weighted by Crippen LogP contribution is 2.12. The number of carbonyl (C=O) groups is 1. The first-order chi connectivity index (χ1) is 10.0. The molecule has 0 saturated heterocycles. The lowest BCUT2D eigenvalue weighted by molar-refractivity contribution is -0.139. The van der Waals surface area contributed by atoms with E-state index in [4.69, 9.17) is 14.3 Å². The lowest BCUT2D eigenvalue weighted by atomic mass is 10.2. The number of esters is 1. The van der Waals surface area contributed by atoms with Crippen LogP contribution in [0.25, 0.3) is 6.08 Å². The summed E-state index contributed by atoms with van der Waals surface area (Å²) >= 11 is 0. The van der Waals surface area contributed by atoms with Crippen LogP contribution in [0.4, 0.5) is 0 Å². The molecule has 1 aromatic carbocycles. The molecule has 0 radical (unpaired) electrons. The summed E-state index contributed by atoms with van der Waals surface area (Å²) in [6.45, 7) is -0.223. The molecule has 2 N–H and O–H groups in total. The molecule has 6 heteroatoms. The summed E-state index contributed by atoms with van der Waals surface area (Å²) in [5, 5.41) is 18.3. The Hall–Kier alpha value is -3.02. The molecule has 6 nitrogen and oxygen atoms in total. The van der Waals surface area contributed by atoms with Crippen LogP contribution in [0.15, 0.2) is 51.9 Å². The van der Waals surface area contributed by atoms with Crippen molar-refractivity contribution in [3.8, 4) is 11.5 Å². The molecule has 2 rings (SSSR count). The number of benzene rings is 1. The SMILES string of the molecule is O=C(C=Cc1cccc(O)c1)OCc1cc(=O)c(O)co1. The fourth-order valence-corrected chi connectivity index (χ4v) is 1.50. The Bertz CT molecular complexity index is 729. The summed E-state index contributed by atoms with van der Waals surface area (Å²) in [6.07, 6.45) is 3.55. The maximum absolute atomic E-state index is 11.5. The first-order valence-corrected chi connectivity index (χ1v) is 5.99. The molecule has 1 heterocycles. The zero-order chi connectivity index (χ0) is 15.2. The highest BCUT2D eigenvalue weighted by atomic mass is 16.5. The lowest BCUT2D eigenvalue weighted by Crippen LogP contribution is -2.04. The third-order valence-corrected chi connectivity index (χ3v) is 2.51. The van der Waals surface area contributed by atoms with Crippen LogP contribution in [-0.2, 0) is 16.1 Å². The van der Waals surface area contributed by atoms with E-state index in [-0.39, 0.29) is 18.1 Å². The van der Waals surface area contributed by atoms with Crippen LogP contribution in [0.2, 0.25) is 0 Å². The third kappa shape index (κ3) is 4.24. The normalized spacial score (nSPS) is 10.7. The third-order valence-electron chi connectivity index (χ3n) is 2.51. The maximum Gasteiger partial charge on any atom is 0.331 e. The van der Waals surface area contributed by atoms with Crippen molar-refractivity contribution in [2.45, 2.75) is 6.61 Å². The molecule has 0 unspecified atom stereocenters. The number of hydrogen-bond donors (Lipinski definition) is 2. The largest absolute Gasteiger partial charge is 0.508 e. The Morgan fingerprint density at radius 1 is 1.29 bits per heavy atom. The molecule has 0 spiro atoms. The van der Waals surface area contributed by atoms with Gasteiger partial charge in [0.15, 0.2) is 5.75 Å². The van der Waals surface area contributed by atoms with E-state index in [0.29, 0.717) is 5.56 Å². The van der Waals surface area contributed by atoms with E-state index in [1.165, 1.54) is 24.3 Å². The van der Waals surface area contributed by atoms with Gasteiger partial charge in [-0.05, 0) is 23.8 Å². The summed E-state index contributed by atoms with van der Waals surface area (Å²) in [5.41, 5.74) is 0.0331. The van der Waals surface area contributed by atoms with Gasteiger partial charge in [-0.3, -0.25) is 4.79 Å². The number of phenols is 1. The summed E-state index contributed by atoms with van der Waals surface area (Å²) in [5.74, 6) is -0.920. The van der Waals surface area contributed by atoms with Crippen LogP contribution in [0.3, 0.4) is 0 Å². The zero-order valence-corrected chi connectivity index (χ0v) is 10.9. The molecule has 0 fully saturated rings. The monoisotopic (exact) mass is 288 g/mol. The van der Waals surface area contributed by atoms with Gasteiger partial charge in [-0.15, -0.1) is 0 Å². The van der Waals surface area contributed by atoms with Crippen molar-refractivity contribution in [2.75, 3.05) is 0 Å². The molecule has 108 valence electrons. The summed E-state index contributed by atoms with van der Waals surface area (Å²) in [6, 6.07) is 7.40. The minimum absolute atomic E-state index is 0.0939. The van der Waals surface area contributed by atoms with Gasteiger partial charge in [-0.2, -0.15) is 0 Å². The molecule has 1 aromatic heterocycles. The average Bonchev–Trinajstić information content (AvgIpc) is 2.46. The van der Waals surface area contributed by atoms with Crippen LogP contribution in [0.1, 0.15) is 11.3 Å². The molecule has 0 amide bonds. The molecule has 0 bridgehead atoms. The molecule has 0 aliphatic carbocycles. The number of ether oxygens (including phenoxy) is 1. The van der Waals surface area contributed by atoms with E-state index < -0.39 is 17.1 Å². The second-order valence-corrected chi connectivity index (χ2v) is 4.13. The highest BCUT2D eigenvalue weighted by Gasteiger charge is 2.04. The van der Waals surface area contributed by atoms with Gasteiger partial charge in [0.1, 0.15) is 24.4 Å². The van der Waals surface area contributed by atoms with Crippen LogP contribution in [-0.4, -0.2) is 16.2 Å². The van der Waals surface area contributed by atoms with Crippen LogP contribution < -0.4 is 5.43 Å². The minimum Gasteiger partial charge on any atom is -0.508 e. The summed E-state index contributed by atoms with van der Waals surface area (Å²) in [7, 11) is 0. The van der Waals surface area contributed by atoms with Gasteiger partial charge in [0.25, 0.3) is 0 Å². The van der Waals surface area contributed by atoms with E-state index in [1.807, 2.05) is 0 Å². The topological polar surface area (TPSA) is 97.0 Å². The standard InChI is InChI=1S/C15H12O6/c16-11-3-1-2-10(6-11)4-5-15(19)21-8-12-7-13(17)14(18)9-20-12/h1-7,9,16,18H,8H2. The quantitative estimate of drug-likeness (QED) is 0.658. The van der Waals surface area contributed by atoms with E-state index in [9.17, 15) is 14.7 Å². The Morgan fingerprint density at radius 2 is 2.10 bits per heavy atom. The van der Waals surface area contributed by atoms with Gasteiger partial charge in [-0.1, -0.05) is 12.1 Å². The molecular formula is C15H12O6. The van der Waals surface area contributed by atoms with Crippen LogP contribution in [0.5, 0.6) is 11.5 Å². The van der Waals surface area contributed by atoms with E-state index in [1.54, 1.807) is 12.1 Å². The molecule has 0 saturated carbocycles. The predicted octanol–water partition coefficient (Wildman–Crippen LogP) is 1.81. The molecule has 0 aliphatic heterocycles. The van der Waals surface area contributed by atoms with Gasteiger partial charge >= 0.3 is 5.97 Å². The Balaban J connectivity index is 1.93. The van der Waals surface area contributed by atoms with Crippen molar-refractivity contribution in [3.05, 3.63) is 64.2 Å². The Labute approximate surface area is 119 Å². The fraction of sp³-hybridized carbons (Fsp3) is 0.0667. The van der Waals surface area contributed by atoms with Gasteiger partial charge in [0.2, 0.25) is 5.43 Å². The Morgan fingerprint density at radius 3 is 2.81 bits per heavy atom. The van der Waals surface area contributed by atoms with Gasteiger partial charge in [0, 0.05) is 12.1 Å².